The summed E-state index contributed by atoms with van der Waals surface area (Å²) < 4.78 is 0. The number of hydrogen-bond acceptors (Lipinski definition) is 0. The van der Waals surface area contributed by atoms with E-state index in [2.05, 4.69) is 0 Å². The van der Waals surface area contributed by atoms with Gasteiger partial charge in [0.05, 0.1) is 0 Å². The molecule has 0 radical (unpaired) electrons. The summed E-state index contributed by atoms with van der Waals surface area (Å²) in [5, 5.41) is 0. The molecule has 0 bridgehead atoms. The summed E-state index contributed by atoms with van der Waals surface area (Å²) in [5.41, 5.74) is 0. The van der Waals surface area contributed by atoms with Crippen LogP contribution in [-0.4, -0.2) is 0 Å². The van der Waals surface area contributed by atoms with Crippen molar-refractivity contribution in [2.24, 2.45) is 0 Å². The predicted molar refractivity (Wildman–Crippen MR) is 38.0 cm³/mol. The molecule has 26 valence electrons. The first-order valence-corrected chi connectivity index (χ1v) is 0. The van der Waals surface area contributed by atoms with Crippen LogP contribution in [0.25, 0.3) is 0 Å². The van der Waals surface area contributed by atoms with Crippen LogP contribution >= 0.6 is 47.4 Å². The fourth-order valence-corrected chi connectivity index (χ4v) is 0. The molecule has 0 aromatic carbocycles. The fraction of sp³-hybridized carbons (Fsp3) is 0. The second-order valence-electron chi connectivity index (χ2n) is 0. The third-order valence-corrected chi connectivity index (χ3v) is 0. The van der Waals surface area contributed by atoms with Crippen molar-refractivity contribution in [2.75, 3.05) is 0 Å². The Kier molecular flexibility index (Phi) is 112. The summed E-state index contributed by atoms with van der Waals surface area (Å²) in [7, 11) is 0. The van der Waals surface area contributed by atoms with Gasteiger partial charge in [-0.2, -0.15) is 23.4 Å². The first-order valence-electron chi connectivity index (χ1n) is 0. The van der Waals surface area contributed by atoms with Gasteiger partial charge in [0.15, 0.2) is 0 Å². The van der Waals surface area contributed by atoms with Gasteiger partial charge in [-0.15, -0.1) is 24.0 Å². The standard InChI is InChI=1S/HI.K.H3P.H2S.H/h1H;;1H3;1H2;/q;+1;;;-1/i;;;;1+1. The molecule has 0 amide bonds. The topological polar surface area (TPSA) is 0 Å². The molecule has 0 aliphatic carbocycles. The Morgan fingerprint density at radius 2 is 1.25 bits per heavy atom. The molecule has 0 saturated heterocycles. The van der Waals surface area contributed by atoms with Gasteiger partial charge in [-0.25, -0.2) is 0 Å². The first kappa shape index (κ1) is 27.3. The van der Waals surface area contributed by atoms with E-state index in [1.807, 2.05) is 0 Å². The molecule has 0 rings (SSSR count). The Morgan fingerprint density at radius 3 is 1.25 bits per heavy atom. The monoisotopic (exact) mass is 237 g/mol. The van der Waals surface area contributed by atoms with Gasteiger partial charge < -0.3 is 1.43 Å². The van der Waals surface area contributed by atoms with Crippen LogP contribution in [0.4, 0.5) is 0 Å². The molecule has 0 aliphatic heterocycles. The number of hydrogen-bond donors (Lipinski definition) is 0. The number of halogens is 1. The molecule has 0 heterocycles. The summed E-state index contributed by atoms with van der Waals surface area (Å²) >= 11 is 0. The van der Waals surface area contributed by atoms with Crippen molar-refractivity contribution in [3.8, 4) is 0 Å². The Labute approximate surface area is 97.9 Å². The molecular weight excluding hydrogens is 229 g/mol. The van der Waals surface area contributed by atoms with Gasteiger partial charge >= 0.3 is 51.4 Å². The van der Waals surface area contributed by atoms with Crippen molar-refractivity contribution in [1.29, 1.82) is 0 Å². The van der Waals surface area contributed by atoms with E-state index in [1.165, 1.54) is 0 Å². The minimum absolute atomic E-state index is 0. The van der Waals surface area contributed by atoms with Crippen molar-refractivity contribution in [2.45, 2.75) is 0 Å². The molecule has 0 spiro atoms. The molecule has 0 aromatic rings. The molecule has 0 fully saturated rings. The Morgan fingerprint density at radius 1 is 1.25 bits per heavy atom. The molecule has 0 N–H and O–H groups in total. The van der Waals surface area contributed by atoms with Crippen molar-refractivity contribution < 1.29 is 52.8 Å². The SMILES string of the molecule is I.P.S.[2H-].[K+]. The zero-order valence-electron chi connectivity index (χ0n) is 3.62. The predicted octanol–water partition coefficient (Wildman–Crippen LogP) is -2.09. The van der Waals surface area contributed by atoms with E-state index in [0.717, 1.165) is 0 Å². The summed E-state index contributed by atoms with van der Waals surface area (Å²) in [6.07, 6.45) is 0. The van der Waals surface area contributed by atoms with E-state index in [4.69, 9.17) is 0 Å². The zero-order valence-corrected chi connectivity index (χ0v) is 10.5. The van der Waals surface area contributed by atoms with Crippen LogP contribution in [0.15, 0.2) is 0 Å². The zero-order chi connectivity index (χ0) is 0. The normalized spacial score (nSPS) is 0. The fourth-order valence-electron chi connectivity index (χ4n) is 0. The van der Waals surface area contributed by atoms with Crippen LogP contribution < -0.4 is 51.4 Å². The molecular formula is H7IKPS. The molecule has 1 atom stereocenters. The van der Waals surface area contributed by atoms with Crippen molar-refractivity contribution in [1.82, 2.24) is 0 Å². The second-order valence-corrected chi connectivity index (χ2v) is 0. The Bertz CT molecular complexity index is 11.6. The van der Waals surface area contributed by atoms with E-state index in [1.54, 1.807) is 0 Å². The molecule has 0 nitrogen and oxygen atoms in total. The third-order valence-electron chi connectivity index (χ3n) is 0. The van der Waals surface area contributed by atoms with E-state index in [-0.39, 0.29) is 100 Å². The van der Waals surface area contributed by atoms with Crippen LogP contribution in [0.5, 0.6) is 0 Å². The van der Waals surface area contributed by atoms with Crippen molar-refractivity contribution in [3.63, 3.8) is 0 Å². The van der Waals surface area contributed by atoms with Gasteiger partial charge in [-0.3, -0.25) is 0 Å². The minimum atomic E-state index is 0. The molecule has 0 saturated carbocycles. The van der Waals surface area contributed by atoms with Crippen molar-refractivity contribution >= 4 is 47.4 Å². The summed E-state index contributed by atoms with van der Waals surface area (Å²) in [5.74, 6) is 0. The quantitative estimate of drug-likeness (QED) is 0.257. The maximum Gasteiger partial charge on any atom is 1.00 e. The van der Waals surface area contributed by atoms with Gasteiger partial charge in [-0.1, -0.05) is 0 Å². The Hall–Kier alpha value is 3.15. The van der Waals surface area contributed by atoms with Crippen molar-refractivity contribution in [3.05, 3.63) is 0 Å². The summed E-state index contributed by atoms with van der Waals surface area (Å²) in [6, 6.07) is 0. The van der Waals surface area contributed by atoms with Gasteiger partial charge in [-0.05, 0) is 0 Å². The third kappa shape index (κ3) is 8.94. The molecule has 4 heteroatoms. The van der Waals surface area contributed by atoms with Crippen LogP contribution in [0, 0.1) is 0 Å². The van der Waals surface area contributed by atoms with Gasteiger partial charge in [0.1, 0.15) is 0 Å². The summed E-state index contributed by atoms with van der Waals surface area (Å²) in [6.45, 7) is 0. The maximum atomic E-state index is 0. The molecule has 0 aliphatic rings. The van der Waals surface area contributed by atoms with Gasteiger partial charge in [0, 0.05) is 0 Å². The molecule has 4 heavy (non-hydrogen) atoms. The van der Waals surface area contributed by atoms with E-state index >= 15 is 0 Å². The van der Waals surface area contributed by atoms with E-state index in [0.29, 0.717) is 0 Å². The van der Waals surface area contributed by atoms with Gasteiger partial charge in [0.25, 0.3) is 0 Å². The first-order chi connectivity index (χ1) is 0. The largest absolute Gasteiger partial charge is 1.00 e. The van der Waals surface area contributed by atoms with Crippen LogP contribution in [0.2, 0.25) is 0 Å². The summed E-state index contributed by atoms with van der Waals surface area (Å²) in [4.78, 5) is 0. The van der Waals surface area contributed by atoms with Crippen LogP contribution in [0.3, 0.4) is 0 Å². The average Bonchev–Trinajstić information content (AvgIpc) is 0. The van der Waals surface area contributed by atoms with Gasteiger partial charge in [0.2, 0.25) is 0 Å². The smallest absolute Gasteiger partial charge is 1.00 e. The Balaban J connectivity index is 0. The number of rotatable bonds is 0. The second kappa shape index (κ2) is 16.4. The molecule has 0 aromatic heterocycles. The maximum absolute atomic E-state index is 0. The van der Waals surface area contributed by atoms with E-state index < -0.39 is 0 Å². The van der Waals surface area contributed by atoms with E-state index in [9.17, 15) is 0 Å². The van der Waals surface area contributed by atoms with Crippen LogP contribution in [-0.2, 0) is 0 Å². The molecule has 1 unspecified atom stereocenters. The van der Waals surface area contributed by atoms with Crippen LogP contribution in [0.1, 0.15) is 1.43 Å². The average molecular weight is 237 g/mol. The minimum Gasteiger partial charge on any atom is -1.00 e.